The van der Waals surface area contributed by atoms with Crippen LogP contribution in [0.2, 0.25) is 0 Å². The molecule has 0 aromatic heterocycles. The number of hydrogen-bond acceptors (Lipinski definition) is 3. The Morgan fingerprint density at radius 2 is 2.00 bits per heavy atom. The minimum Gasteiger partial charge on any atom is -0.497 e. The number of benzene rings is 1. The van der Waals surface area contributed by atoms with E-state index in [0.717, 1.165) is 24.1 Å². The first kappa shape index (κ1) is 13.4. The van der Waals surface area contributed by atoms with E-state index in [-0.39, 0.29) is 0 Å². The van der Waals surface area contributed by atoms with Gasteiger partial charge in [0.2, 0.25) is 0 Å². The van der Waals surface area contributed by atoms with Gasteiger partial charge in [-0.1, -0.05) is 19.1 Å². The van der Waals surface area contributed by atoms with Crippen molar-refractivity contribution in [1.82, 2.24) is 10.2 Å². The van der Waals surface area contributed by atoms with Crippen molar-refractivity contribution in [3.8, 4) is 5.75 Å². The van der Waals surface area contributed by atoms with Crippen LogP contribution in [0.1, 0.15) is 12.5 Å². The Balaban J connectivity index is 1.80. The Labute approximate surface area is 110 Å². The highest BCUT2D eigenvalue weighted by molar-refractivity contribution is 5.27. The van der Waals surface area contributed by atoms with Crippen molar-refractivity contribution in [2.75, 3.05) is 33.8 Å². The van der Waals surface area contributed by atoms with Crippen LogP contribution < -0.4 is 10.1 Å². The van der Waals surface area contributed by atoms with E-state index in [1.54, 1.807) is 7.11 Å². The molecule has 0 bridgehead atoms. The fraction of sp³-hybridized carbons (Fsp3) is 0.600. The summed E-state index contributed by atoms with van der Waals surface area (Å²) in [7, 11) is 3.91. The predicted octanol–water partition coefficient (Wildman–Crippen LogP) is 1.98. The van der Waals surface area contributed by atoms with E-state index >= 15 is 0 Å². The van der Waals surface area contributed by atoms with Crippen molar-refractivity contribution in [3.05, 3.63) is 29.8 Å². The molecule has 1 unspecified atom stereocenters. The fourth-order valence-electron chi connectivity index (χ4n) is 2.46. The molecule has 2 rings (SSSR count). The van der Waals surface area contributed by atoms with Crippen LogP contribution in [-0.2, 0) is 6.54 Å². The largest absolute Gasteiger partial charge is 0.497 e. The van der Waals surface area contributed by atoms with Gasteiger partial charge >= 0.3 is 0 Å². The second-order valence-electron chi connectivity index (χ2n) is 5.44. The Bertz CT molecular complexity index is 359. The second-order valence-corrected chi connectivity index (χ2v) is 5.44. The molecule has 1 atom stereocenters. The minimum absolute atomic E-state index is 0.773. The molecule has 3 heteroatoms. The second kappa shape index (κ2) is 6.21. The molecule has 0 amide bonds. The predicted molar refractivity (Wildman–Crippen MR) is 74.9 cm³/mol. The molecule has 1 aromatic carbocycles. The molecule has 1 fully saturated rings. The zero-order chi connectivity index (χ0) is 13.0. The van der Waals surface area contributed by atoms with Gasteiger partial charge in [-0.2, -0.15) is 0 Å². The highest BCUT2D eigenvalue weighted by atomic mass is 16.5. The van der Waals surface area contributed by atoms with Crippen LogP contribution in [0, 0.1) is 11.8 Å². The fourth-order valence-corrected chi connectivity index (χ4v) is 2.46. The van der Waals surface area contributed by atoms with Gasteiger partial charge in [0.1, 0.15) is 5.75 Å². The molecule has 0 spiro atoms. The molecular weight excluding hydrogens is 224 g/mol. The number of ether oxygens (including phenoxy) is 1. The number of methoxy groups -OCH3 is 1. The Kier molecular flexibility index (Phi) is 4.61. The highest BCUT2D eigenvalue weighted by Crippen LogP contribution is 2.18. The van der Waals surface area contributed by atoms with Gasteiger partial charge in [0.15, 0.2) is 0 Å². The zero-order valence-electron chi connectivity index (χ0n) is 11.6. The molecule has 1 aliphatic rings. The lowest BCUT2D eigenvalue weighted by Crippen LogP contribution is -2.47. The molecule has 3 nitrogen and oxygen atoms in total. The van der Waals surface area contributed by atoms with Gasteiger partial charge in [-0.05, 0) is 49.7 Å². The van der Waals surface area contributed by atoms with Crippen LogP contribution in [0.3, 0.4) is 0 Å². The molecule has 1 heterocycles. The van der Waals surface area contributed by atoms with Crippen molar-refractivity contribution >= 4 is 0 Å². The van der Waals surface area contributed by atoms with Gasteiger partial charge in [0.05, 0.1) is 7.11 Å². The summed E-state index contributed by atoms with van der Waals surface area (Å²) < 4.78 is 5.17. The third-order valence-corrected chi connectivity index (χ3v) is 3.83. The molecule has 1 aliphatic heterocycles. The smallest absolute Gasteiger partial charge is 0.118 e. The maximum atomic E-state index is 5.17. The summed E-state index contributed by atoms with van der Waals surface area (Å²) in [5.41, 5.74) is 1.34. The molecule has 0 radical (unpaired) electrons. The molecular formula is C15H24N2O. The SMILES string of the molecule is COc1ccc(CN(C)CC(C)C2CNC2)cc1. The van der Waals surface area contributed by atoms with Gasteiger partial charge < -0.3 is 15.0 Å². The summed E-state index contributed by atoms with van der Waals surface area (Å²) in [5, 5.41) is 3.35. The molecule has 1 saturated heterocycles. The van der Waals surface area contributed by atoms with E-state index < -0.39 is 0 Å². The molecule has 0 saturated carbocycles. The van der Waals surface area contributed by atoms with Crippen LogP contribution >= 0.6 is 0 Å². The van der Waals surface area contributed by atoms with Crippen LogP contribution in [0.25, 0.3) is 0 Å². The standard InChI is InChI=1S/C15H24N2O/c1-12(14-8-16-9-14)10-17(2)11-13-4-6-15(18-3)7-5-13/h4-7,12,14,16H,8-11H2,1-3H3. The summed E-state index contributed by atoms with van der Waals surface area (Å²) in [6, 6.07) is 8.35. The van der Waals surface area contributed by atoms with E-state index in [0.29, 0.717) is 0 Å². The summed E-state index contributed by atoms with van der Waals surface area (Å²) in [6.45, 7) is 6.91. The van der Waals surface area contributed by atoms with Gasteiger partial charge in [-0.3, -0.25) is 0 Å². The van der Waals surface area contributed by atoms with E-state index in [1.165, 1.54) is 25.2 Å². The first-order valence-electron chi connectivity index (χ1n) is 6.71. The average molecular weight is 248 g/mol. The number of rotatable bonds is 6. The number of nitrogens with zero attached hydrogens (tertiary/aromatic N) is 1. The monoisotopic (exact) mass is 248 g/mol. The lowest BCUT2D eigenvalue weighted by molar-refractivity contribution is 0.182. The van der Waals surface area contributed by atoms with Crippen molar-refractivity contribution < 1.29 is 4.74 Å². The highest BCUT2D eigenvalue weighted by Gasteiger charge is 2.24. The third kappa shape index (κ3) is 3.47. The van der Waals surface area contributed by atoms with Crippen molar-refractivity contribution in [2.45, 2.75) is 13.5 Å². The van der Waals surface area contributed by atoms with Crippen LogP contribution in [-0.4, -0.2) is 38.7 Å². The van der Waals surface area contributed by atoms with Gasteiger partial charge in [-0.15, -0.1) is 0 Å². The number of hydrogen-bond donors (Lipinski definition) is 1. The Morgan fingerprint density at radius 3 is 2.50 bits per heavy atom. The average Bonchev–Trinajstić information content (AvgIpc) is 2.27. The maximum absolute atomic E-state index is 5.17. The lowest BCUT2D eigenvalue weighted by atomic mass is 9.88. The molecule has 18 heavy (non-hydrogen) atoms. The number of nitrogens with one attached hydrogen (secondary N) is 1. The Hall–Kier alpha value is -1.06. The molecule has 1 N–H and O–H groups in total. The van der Waals surface area contributed by atoms with E-state index in [4.69, 9.17) is 4.74 Å². The zero-order valence-corrected chi connectivity index (χ0v) is 11.6. The summed E-state index contributed by atoms with van der Waals surface area (Å²) >= 11 is 0. The minimum atomic E-state index is 0.773. The summed E-state index contributed by atoms with van der Waals surface area (Å²) in [4.78, 5) is 2.41. The first-order chi connectivity index (χ1) is 8.69. The lowest BCUT2D eigenvalue weighted by Gasteiger charge is -2.34. The molecule has 0 aliphatic carbocycles. The van der Waals surface area contributed by atoms with Crippen LogP contribution in [0.15, 0.2) is 24.3 Å². The van der Waals surface area contributed by atoms with E-state index in [2.05, 4.69) is 36.3 Å². The first-order valence-corrected chi connectivity index (χ1v) is 6.71. The summed E-state index contributed by atoms with van der Waals surface area (Å²) in [5.74, 6) is 2.56. The summed E-state index contributed by atoms with van der Waals surface area (Å²) in [6.07, 6.45) is 0. The van der Waals surface area contributed by atoms with Gasteiger partial charge in [0.25, 0.3) is 0 Å². The quantitative estimate of drug-likeness (QED) is 0.833. The normalized spacial score (nSPS) is 17.6. The topological polar surface area (TPSA) is 24.5 Å². The van der Waals surface area contributed by atoms with E-state index in [9.17, 15) is 0 Å². The van der Waals surface area contributed by atoms with Crippen LogP contribution in [0.5, 0.6) is 5.75 Å². The van der Waals surface area contributed by atoms with E-state index in [1.807, 2.05) is 12.1 Å². The molecule has 100 valence electrons. The van der Waals surface area contributed by atoms with Gasteiger partial charge in [0, 0.05) is 13.1 Å². The van der Waals surface area contributed by atoms with Gasteiger partial charge in [-0.25, -0.2) is 0 Å². The maximum Gasteiger partial charge on any atom is 0.118 e. The van der Waals surface area contributed by atoms with Crippen molar-refractivity contribution in [1.29, 1.82) is 0 Å². The molecule has 1 aromatic rings. The Morgan fingerprint density at radius 1 is 1.33 bits per heavy atom. The van der Waals surface area contributed by atoms with Crippen molar-refractivity contribution in [2.24, 2.45) is 11.8 Å². The third-order valence-electron chi connectivity index (χ3n) is 3.83. The van der Waals surface area contributed by atoms with Crippen LogP contribution in [0.4, 0.5) is 0 Å². The van der Waals surface area contributed by atoms with Crippen molar-refractivity contribution in [3.63, 3.8) is 0 Å².